The number of hydrogen-bond donors (Lipinski definition) is 1. The van der Waals surface area contributed by atoms with E-state index in [-0.39, 0.29) is 33.8 Å². The van der Waals surface area contributed by atoms with E-state index in [4.69, 9.17) is 4.42 Å². The Kier molecular flexibility index (Phi) is 5.05. The summed E-state index contributed by atoms with van der Waals surface area (Å²) in [5.74, 6) is -1.84. The highest BCUT2D eigenvalue weighted by Gasteiger charge is 2.19. The van der Waals surface area contributed by atoms with Crippen molar-refractivity contribution in [3.8, 4) is 11.3 Å². The van der Waals surface area contributed by atoms with Gasteiger partial charge in [-0.25, -0.2) is 18.6 Å². The summed E-state index contributed by atoms with van der Waals surface area (Å²) in [6.45, 7) is 1.34. The Morgan fingerprint density at radius 1 is 1.19 bits per heavy atom. The Hall–Kier alpha value is -3.60. The number of anilines is 1. The number of rotatable bonds is 4. The summed E-state index contributed by atoms with van der Waals surface area (Å²) >= 11 is 1.09. The number of aromatic nitrogens is 3. The molecule has 11 heteroatoms. The number of carbonyl (C=O) groups excluding carboxylic acids is 1. The van der Waals surface area contributed by atoms with Gasteiger partial charge < -0.3 is 9.73 Å². The van der Waals surface area contributed by atoms with Crippen molar-refractivity contribution in [2.75, 3.05) is 5.32 Å². The van der Waals surface area contributed by atoms with E-state index < -0.39 is 28.8 Å². The number of aryl methyl sites for hydroxylation is 1. The first-order valence-electron chi connectivity index (χ1n) is 9.05. The first-order valence-corrected chi connectivity index (χ1v) is 9.92. The van der Waals surface area contributed by atoms with Crippen molar-refractivity contribution in [2.45, 2.75) is 13.3 Å². The van der Waals surface area contributed by atoms with Gasteiger partial charge in [-0.3, -0.25) is 18.7 Å². The fourth-order valence-corrected chi connectivity index (χ4v) is 3.88. The van der Waals surface area contributed by atoms with Crippen molar-refractivity contribution in [1.29, 1.82) is 0 Å². The third kappa shape index (κ3) is 3.56. The van der Waals surface area contributed by atoms with Gasteiger partial charge in [0.25, 0.3) is 5.56 Å². The minimum atomic E-state index is -0.684. The number of fused-ring (bicyclic) bond motifs is 1. The average molecular weight is 446 g/mol. The zero-order valence-electron chi connectivity index (χ0n) is 16.7. The quantitative estimate of drug-likeness (QED) is 0.520. The number of amides is 1. The lowest BCUT2D eigenvalue weighted by Gasteiger charge is -2.04. The molecule has 4 aromatic rings. The third-order valence-electron chi connectivity index (χ3n) is 4.92. The Balaban J connectivity index is 1.57. The van der Waals surface area contributed by atoms with Crippen LogP contribution < -0.4 is 16.6 Å². The predicted octanol–water partition coefficient (Wildman–Crippen LogP) is 2.72. The van der Waals surface area contributed by atoms with Crippen molar-refractivity contribution in [3.05, 3.63) is 67.4 Å². The van der Waals surface area contributed by atoms with Crippen LogP contribution in [0.25, 0.3) is 22.4 Å². The van der Waals surface area contributed by atoms with Gasteiger partial charge in [0.2, 0.25) is 11.6 Å². The highest BCUT2D eigenvalue weighted by atomic mass is 32.1. The number of hydrogen-bond acceptors (Lipinski definition) is 6. The van der Waals surface area contributed by atoms with E-state index >= 15 is 0 Å². The van der Waals surface area contributed by atoms with Gasteiger partial charge in [-0.05, 0) is 19.1 Å². The van der Waals surface area contributed by atoms with Crippen LogP contribution >= 0.6 is 11.3 Å². The normalized spacial score (nSPS) is 11.3. The Morgan fingerprint density at radius 2 is 1.87 bits per heavy atom. The van der Waals surface area contributed by atoms with Gasteiger partial charge in [-0.15, -0.1) is 11.3 Å². The molecule has 3 aromatic heterocycles. The van der Waals surface area contributed by atoms with Gasteiger partial charge in [-0.1, -0.05) is 0 Å². The van der Waals surface area contributed by atoms with Gasteiger partial charge in [0, 0.05) is 36.2 Å². The first-order chi connectivity index (χ1) is 14.7. The monoisotopic (exact) mass is 446 g/mol. The number of nitrogens with zero attached hydrogens (tertiary/aromatic N) is 3. The molecule has 1 N–H and O–H groups in total. The molecular formula is C20H16F2N4O4S. The number of nitrogens with one attached hydrogen (secondary N) is 1. The van der Waals surface area contributed by atoms with Crippen LogP contribution in [0.5, 0.6) is 0 Å². The first kappa shape index (κ1) is 20.7. The second-order valence-electron chi connectivity index (χ2n) is 6.97. The second kappa shape index (κ2) is 7.58. The molecule has 0 aliphatic heterocycles. The molecule has 8 nitrogen and oxygen atoms in total. The van der Waals surface area contributed by atoms with E-state index in [1.54, 1.807) is 5.38 Å². The van der Waals surface area contributed by atoms with Crippen molar-refractivity contribution in [3.63, 3.8) is 0 Å². The van der Waals surface area contributed by atoms with E-state index in [1.807, 2.05) is 0 Å². The van der Waals surface area contributed by atoms with E-state index in [0.717, 1.165) is 15.9 Å². The maximum atomic E-state index is 13.8. The van der Waals surface area contributed by atoms with E-state index in [1.165, 1.54) is 44.0 Å². The average Bonchev–Trinajstić information content (AvgIpc) is 3.36. The Labute approximate surface area is 177 Å². The summed E-state index contributed by atoms with van der Waals surface area (Å²) in [7, 11) is 2.81. The number of furan rings is 1. The van der Waals surface area contributed by atoms with E-state index in [2.05, 4.69) is 10.3 Å². The summed E-state index contributed by atoms with van der Waals surface area (Å²) in [4.78, 5) is 41.1. The maximum absolute atomic E-state index is 13.8. The lowest BCUT2D eigenvalue weighted by atomic mass is 10.1. The molecule has 1 amide bonds. The predicted molar refractivity (Wildman–Crippen MR) is 111 cm³/mol. The van der Waals surface area contributed by atoms with Crippen LogP contribution in [-0.2, 0) is 25.3 Å². The summed E-state index contributed by atoms with van der Waals surface area (Å²) in [5, 5.41) is 4.54. The van der Waals surface area contributed by atoms with Gasteiger partial charge in [0.1, 0.15) is 17.0 Å². The van der Waals surface area contributed by atoms with Crippen LogP contribution in [0.3, 0.4) is 0 Å². The number of halogens is 2. The van der Waals surface area contributed by atoms with Gasteiger partial charge >= 0.3 is 5.69 Å². The summed E-state index contributed by atoms with van der Waals surface area (Å²) < 4.78 is 35.1. The number of carbonyl (C=O) groups is 1. The molecule has 0 atom stereocenters. The zero-order chi connectivity index (χ0) is 22.4. The lowest BCUT2D eigenvalue weighted by Crippen LogP contribution is -2.36. The molecule has 4 rings (SSSR count). The molecule has 0 fully saturated rings. The Bertz CT molecular complexity index is 1440. The molecule has 0 aliphatic carbocycles. The molecule has 0 saturated heterocycles. The minimum absolute atomic E-state index is 0.0795. The fourth-order valence-electron chi connectivity index (χ4n) is 3.15. The summed E-state index contributed by atoms with van der Waals surface area (Å²) in [6.07, 6.45) is 1.07. The fraction of sp³-hybridized carbons (Fsp3) is 0.200. The van der Waals surface area contributed by atoms with Crippen LogP contribution in [0.15, 0.2) is 37.8 Å². The van der Waals surface area contributed by atoms with Crippen LogP contribution in [0.2, 0.25) is 0 Å². The van der Waals surface area contributed by atoms with Crippen molar-refractivity contribution in [2.24, 2.45) is 14.1 Å². The van der Waals surface area contributed by atoms with Gasteiger partial charge in [0.05, 0.1) is 18.4 Å². The third-order valence-corrected chi connectivity index (χ3v) is 5.68. The smallest absolute Gasteiger partial charge is 0.333 e. The molecule has 3 heterocycles. The topological polar surface area (TPSA) is 99.1 Å². The Morgan fingerprint density at radius 3 is 2.55 bits per heavy atom. The maximum Gasteiger partial charge on any atom is 0.333 e. The molecule has 31 heavy (non-hydrogen) atoms. The molecule has 1 aromatic carbocycles. The standard InChI is InChI=1S/C20H16F2N4O4S/c1-9-12(21)4-10(5-13(9)22)14-8-31-19(23-14)24-15(27)6-11-7-30-18-16(11)17(28)25(2)20(29)26(18)3/h4-5,7-8H,6H2,1-3H3,(H,23,24,27). The summed E-state index contributed by atoms with van der Waals surface area (Å²) in [5.41, 5.74) is -0.211. The number of thiazole rings is 1. The molecular weight excluding hydrogens is 430 g/mol. The van der Waals surface area contributed by atoms with Gasteiger partial charge in [0.15, 0.2) is 5.13 Å². The highest BCUT2D eigenvalue weighted by molar-refractivity contribution is 7.14. The second-order valence-corrected chi connectivity index (χ2v) is 7.83. The van der Waals surface area contributed by atoms with Crippen LogP contribution in [0, 0.1) is 18.6 Å². The lowest BCUT2D eigenvalue weighted by molar-refractivity contribution is -0.115. The SMILES string of the molecule is Cc1c(F)cc(-c2csc(NC(=O)Cc3coc4c3c(=O)n(C)c(=O)n4C)n2)cc1F. The van der Waals surface area contributed by atoms with E-state index in [9.17, 15) is 23.2 Å². The molecule has 0 bridgehead atoms. The van der Waals surface area contributed by atoms with Crippen LogP contribution in [0.4, 0.5) is 13.9 Å². The van der Waals surface area contributed by atoms with Crippen molar-refractivity contribution < 1.29 is 18.0 Å². The van der Waals surface area contributed by atoms with Crippen molar-refractivity contribution in [1.82, 2.24) is 14.1 Å². The number of benzene rings is 1. The van der Waals surface area contributed by atoms with E-state index in [0.29, 0.717) is 11.3 Å². The van der Waals surface area contributed by atoms with Crippen molar-refractivity contribution >= 4 is 33.5 Å². The molecule has 0 saturated carbocycles. The van der Waals surface area contributed by atoms with Gasteiger partial charge in [-0.2, -0.15) is 0 Å². The minimum Gasteiger partial charge on any atom is -0.447 e. The largest absolute Gasteiger partial charge is 0.447 e. The molecule has 0 aliphatic rings. The highest BCUT2D eigenvalue weighted by Crippen LogP contribution is 2.28. The molecule has 160 valence electrons. The molecule has 0 spiro atoms. The zero-order valence-corrected chi connectivity index (χ0v) is 17.5. The van der Waals surface area contributed by atoms with Crippen LogP contribution in [0.1, 0.15) is 11.1 Å². The van der Waals surface area contributed by atoms with Crippen LogP contribution in [-0.4, -0.2) is 20.0 Å². The summed E-state index contributed by atoms with van der Waals surface area (Å²) in [6, 6.07) is 2.35. The molecule has 0 radical (unpaired) electrons. The molecule has 0 unspecified atom stereocenters.